The lowest BCUT2D eigenvalue weighted by Crippen LogP contribution is -1.97. The van der Waals surface area contributed by atoms with E-state index in [0.717, 1.165) is 11.1 Å². The van der Waals surface area contributed by atoms with Crippen LogP contribution >= 0.6 is 11.6 Å². The van der Waals surface area contributed by atoms with Crippen molar-refractivity contribution in [2.75, 3.05) is 14.2 Å². The fourth-order valence-electron chi connectivity index (χ4n) is 3.33. The second-order valence-electron chi connectivity index (χ2n) is 6.93. The Hall–Kier alpha value is -3.71. The molecule has 0 amide bonds. The van der Waals surface area contributed by atoms with E-state index in [4.69, 9.17) is 25.8 Å². The van der Waals surface area contributed by atoms with Gasteiger partial charge in [-0.05, 0) is 42.0 Å². The number of aromatic nitrogens is 2. The van der Waals surface area contributed by atoms with Gasteiger partial charge in [0.25, 0.3) is 0 Å². The molecule has 164 valence electrons. The van der Waals surface area contributed by atoms with E-state index in [1.165, 1.54) is 18.2 Å². The van der Waals surface area contributed by atoms with Crippen molar-refractivity contribution >= 4 is 11.6 Å². The van der Waals surface area contributed by atoms with Crippen molar-refractivity contribution < 1.29 is 23.7 Å². The van der Waals surface area contributed by atoms with Gasteiger partial charge in [0.2, 0.25) is 0 Å². The average molecular weight is 455 g/mol. The van der Waals surface area contributed by atoms with Gasteiger partial charge in [-0.2, -0.15) is 5.10 Å². The Morgan fingerprint density at radius 2 is 1.78 bits per heavy atom. The van der Waals surface area contributed by atoms with Gasteiger partial charge in [-0.1, -0.05) is 23.7 Å². The third-order valence-electron chi connectivity index (χ3n) is 4.98. The normalized spacial score (nSPS) is 10.8. The van der Waals surface area contributed by atoms with Crippen molar-refractivity contribution in [3.8, 4) is 45.4 Å². The molecule has 0 aliphatic carbocycles. The fraction of sp³-hybridized carbons (Fsp3) is 0.125. The number of methoxy groups -OCH3 is 2. The predicted molar refractivity (Wildman–Crippen MR) is 120 cm³/mol. The molecule has 0 saturated heterocycles. The van der Waals surface area contributed by atoms with Crippen molar-refractivity contribution in [3.63, 3.8) is 0 Å². The van der Waals surface area contributed by atoms with Crippen molar-refractivity contribution in [1.29, 1.82) is 0 Å². The van der Waals surface area contributed by atoms with Gasteiger partial charge in [-0.3, -0.25) is 5.10 Å². The number of phenols is 1. The summed E-state index contributed by atoms with van der Waals surface area (Å²) in [7, 11) is 3.15. The second-order valence-corrected chi connectivity index (χ2v) is 7.34. The maximum atomic E-state index is 13.2. The molecular formula is C24H20ClFN2O4. The zero-order valence-corrected chi connectivity index (χ0v) is 18.1. The molecule has 1 heterocycles. The number of ether oxygens (including phenoxy) is 3. The van der Waals surface area contributed by atoms with Gasteiger partial charge in [-0.15, -0.1) is 0 Å². The van der Waals surface area contributed by atoms with E-state index in [-0.39, 0.29) is 17.4 Å². The van der Waals surface area contributed by atoms with Crippen LogP contribution in [0.5, 0.6) is 23.0 Å². The number of hydrogen-bond acceptors (Lipinski definition) is 5. The lowest BCUT2D eigenvalue weighted by atomic mass is 10.0. The summed E-state index contributed by atoms with van der Waals surface area (Å²) in [5.74, 6) is 1.25. The van der Waals surface area contributed by atoms with Crippen molar-refractivity contribution in [1.82, 2.24) is 10.2 Å². The van der Waals surface area contributed by atoms with Crippen LogP contribution in [-0.2, 0) is 6.61 Å². The van der Waals surface area contributed by atoms with Gasteiger partial charge in [0.05, 0.1) is 31.1 Å². The highest BCUT2D eigenvalue weighted by atomic mass is 35.5. The van der Waals surface area contributed by atoms with E-state index in [2.05, 4.69) is 10.2 Å². The molecule has 32 heavy (non-hydrogen) atoms. The molecule has 0 aliphatic heterocycles. The van der Waals surface area contributed by atoms with Crippen LogP contribution in [0.2, 0.25) is 5.02 Å². The molecule has 0 bridgehead atoms. The maximum Gasteiger partial charge on any atom is 0.161 e. The minimum absolute atomic E-state index is 0.0127. The van der Waals surface area contributed by atoms with Gasteiger partial charge in [0, 0.05) is 22.8 Å². The van der Waals surface area contributed by atoms with Gasteiger partial charge in [0.1, 0.15) is 23.9 Å². The van der Waals surface area contributed by atoms with E-state index < -0.39 is 5.82 Å². The number of H-pyrrole nitrogens is 1. The van der Waals surface area contributed by atoms with Gasteiger partial charge < -0.3 is 19.3 Å². The minimum atomic E-state index is -0.411. The fourth-order valence-corrected chi connectivity index (χ4v) is 3.55. The van der Waals surface area contributed by atoms with Crippen LogP contribution < -0.4 is 14.2 Å². The van der Waals surface area contributed by atoms with Crippen LogP contribution in [0.15, 0.2) is 60.8 Å². The smallest absolute Gasteiger partial charge is 0.161 e. The Morgan fingerprint density at radius 1 is 0.969 bits per heavy atom. The van der Waals surface area contributed by atoms with Crippen molar-refractivity contribution in [2.24, 2.45) is 0 Å². The topological polar surface area (TPSA) is 76.6 Å². The number of phenolic OH excluding ortho intramolecular Hbond substituents is 1. The van der Waals surface area contributed by atoms with E-state index in [1.807, 2.05) is 18.2 Å². The molecule has 2 N–H and O–H groups in total. The zero-order valence-electron chi connectivity index (χ0n) is 17.4. The number of nitrogens with zero attached hydrogens (tertiary/aromatic N) is 1. The van der Waals surface area contributed by atoms with E-state index >= 15 is 0 Å². The SMILES string of the molecule is COc1ccc(-c2cn[nH]c2-c2ccc(OCc3ccc(F)cc3Cl)cc2O)cc1OC. The van der Waals surface area contributed by atoms with Crippen molar-refractivity contribution in [3.05, 3.63) is 77.2 Å². The second kappa shape index (κ2) is 9.20. The summed E-state index contributed by atoms with van der Waals surface area (Å²) in [5, 5.41) is 18.0. The maximum absolute atomic E-state index is 13.2. The summed E-state index contributed by atoms with van der Waals surface area (Å²) >= 11 is 6.04. The Kier molecular flexibility index (Phi) is 6.18. The average Bonchev–Trinajstić information content (AvgIpc) is 3.27. The molecule has 0 saturated carbocycles. The van der Waals surface area contributed by atoms with Crippen LogP contribution in [0, 0.1) is 5.82 Å². The van der Waals surface area contributed by atoms with Crippen LogP contribution in [0.4, 0.5) is 4.39 Å². The highest BCUT2D eigenvalue weighted by Gasteiger charge is 2.16. The molecule has 0 spiro atoms. The first-order chi connectivity index (χ1) is 15.5. The number of halogens is 2. The van der Waals surface area contributed by atoms with Gasteiger partial charge in [-0.25, -0.2) is 4.39 Å². The molecule has 6 nitrogen and oxygen atoms in total. The highest BCUT2D eigenvalue weighted by Crippen LogP contribution is 2.39. The molecule has 4 rings (SSSR count). The molecule has 0 unspecified atom stereocenters. The third kappa shape index (κ3) is 4.33. The van der Waals surface area contributed by atoms with Gasteiger partial charge >= 0.3 is 0 Å². The number of hydrogen-bond donors (Lipinski definition) is 2. The first-order valence-electron chi connectivity index (χ1n) is 9.66. The van der Waals surface area contributed by atoms with Crippen LogP contribution in [0.25, 0.3) is 22.4 Å². The minimum Gasteiger partial charge on any atom is -0.507 e. The molecule has 0 fully saturated rings. The largest absolute Gasteiger partial charge is 0.507 e. The van der Waals surface area contributed by atoms with Crippen LogP contribution in [-0.4, -0.2) is 29.5 Å². The predicted octanol–water partition coefficient (Wildman–Crippen LogP) is 5.84. The summed E-state index contributed by atoms with van der Waals surface area (Å²) in [6, 6.07) is 14.6. The lowest BCUT2D eigenvalue weighted by molar-refractivity contribution is 0.304. The molecule has 0 aliphatic rings. The molecule has 1 aromatic heterocycles. The van der Waals surface area contributed by atoms with Gasteiger partial charge in [0.15, 0.2) is 11.5 Å². The number of aromatic hydroxyl groups is 1. The number of aromatic amines is 1. The Morgan fingerprint density at radius 3 is 2.50 bits per heavy atom. The standard InChI is InChI=1S/C24H20ClFN2O4/c1-30-22-8-4-14(9-23(22)31-2)19-12-27-28-24(19)18-7-6-17(11-21(18)29)32-13-15-3-5-16(26)10-20(15)25/h3-12,29H,13H2,1-2H3,(H,27,28). The summed E-state index contributed by atoms with van der Waals surface area (Å²) in [5.41, 5.74) is 3.47. The molecule has 3 aromatic carbocycles. The van der Waals surface area contributed by atoms with E-state index in [0.29, 0.717) is 34.1 Å². The molecule has 0 radical (unpaired) electrons. The Labute approximate surface area is 189 Å². The number of rotatable bonds is 7. The quantitative estimate of drug-likeness (QED) is 0.367. The van der Waals surface area contributed by atoms with Crippen LogP contribution in [0.1, 0.15) is 5.56 Å². The first-order valence-corrected chi connectivity index (χ1v) is 10.0. The summed E-state index contributed by atoms with van der Waals surface area (Å²) < 4.78 is 29.6. The summed E-state index contributed by atoms with van der Waals surface area (Å²) in [4.78, 5) is 0. The lowest BCUT2D eigenvalue weighted by Gasteiger charge is -2.12. The van der Waals surface area contributed by atoms with Crippen LogP contribution in [0.3, 0.4) is 0 Å². The first kappa shape index (κ1) is 21.5. The number of nitrogens with one attached hydrogen (secondary N) is 1. The molecule has 4 aromatic rings. The van der Waals surface area contributed by atoms with E-state index in [1.54, 1.807) is 38.6 Å². The summed E-state index contributed by atoms with van der Waals surface area (Å²) in [6.45, 7) is 0.138. The molecule has 0 atom stereocenters. The molecular weight excluding hydrogens is 435 g/mol. The highest BCUT2D eigenvalue weighted by molar-refractivity contribution is 6.31. The molecule has 8 heteroatoms. The monoisotopic (exact) mass is 454 g/mol. The Balaban J connectivity index is 1.59. The summed E-state index contributed by atoms with van der Waals surface area (Å²) in [6.07, 6.45) is 1.68. The van der Waals surface area contributed by atoms with E-state index in [9.17, 15) is 9.50 Å². The zero-order chi connectivity index (χ0) is 22.7. The Bertz CT molecular complexity index is 1260. The van der Waals surface area contributed by atoms with Crippen molar-refractivity contribution in [2.45, 2.75) is 6.61 Å². The number of benzene rings is 3. The third-order valence-corrected chi connectivity index (χ3v) is 5.33.